The molecule has 10 heavy (non-hydrogen) atoms. The average Bonchev–Trinajstić information content (AvgIpc) is 2.38. The number of nitrogens with two attached hydrogens (primary N) is 2. The van der Waals surface area contributed by atoms with Gasteiger partial charge in [-0.25, -0.2) is 0 Å². The highest BCUT2D eigenvalue weighted by Crippen LogP contribution is 2.18. The Balaban J connectivity index is 2.50. The Kier molecular flexibility index (Phi) is 2.86. The van der Waals surface area contributed by atoms with Crippen molar-refractivity contribution in [2.75, 3.05) is 6.54 Å². The van der Waals surface area contributed by atoms with Gasteiger partial charge in [0.2, 0.25) is 0 Å². The van der Waals surface area contributed by atoms with Crippen molar-refractivity contribution in [3.63, 3.8) is 0 Å². The SMILES string of the molecule is NCC[C@H](N)c1cccs1. The van der Waals surface area contributed by atoms with Crippen molar-refractivity contribution < 1.29 is 0 Å². The fourth-order valence-corrected chi connectivity index (χ4v) is 1.59. The van der Waals surface area contributed by atoms with E-state index in [9.17, 15) is 0 Å². The predicted octanol–water partition coefficient (Wildman–Crippen LogP) is 1.10. The molecular weight excluding hydrogens is 144 g/mol. The van der Waals surface area contributed by atoms with Crippen molar-refractivity contribution in [2.24, 2.45) is 11.5 Å². The second kappa shape index (κ2) is 3.71. The lowest BCUT2D eigenvalue weighted by molar-refractivity contribution is 0.672. The summed E-state index contributed by atoms with van der Waals surface area (Å²) in [6, 6.07) is 4.20. The van der Waals surface area contributed by atoms with Gasteiger partial charge in [0, 0.05) is 10.9 Å². The van der Waals surface area contributed by atoms with Gasteiger partial charge >= 0.3 is 0 Å². The Labute approximate surface area is 64.8 Å². The lowest BCUT2D eigenvalue weighted by Crippen LogP contribution is -2.13. The minimum atomic E-state index is 0.144. The first-order chi connectivity index (χ1) is 4.84. The third-order valence-electron chi connectivity index (χ3n) is 1.39. The van der Waals surface area contributed by atoms with Crippen LogP contribution in [-0.4, -0.2) is 6.54 Å². The molecule has 1 aromatic heterocycles. The molecule has 2 nitrogen and oxygen atoms in total. The van der Waals surface area contributed by atoms with Crippen LogP contribution in [0.5, 0.6) is 0 Å². The normalized spacial score (nSPS) is 13.4. The van der Waals surface area contributed by atoms with E-state index in [-0.39, 0.29) is 6.04 Å². The molecule has 1 atom stereocenters. The van der Waals surface area contributed by atoms with Crippen LogP contribution in [0.25, 0.3) is 0 Å². The lowest BCUT2D eigenvalue weighted by atomic mass is 10.2. The van der Waals surface area contributed by atoms with Crippen LogP contribution in [0.4, 0.5) is 0 Å². The van der Waals surface area contributed by atoms with Gasteiger partial charge in [-0.3, -0.25) is 0 Å². The smallest absolute Gasteiger partial charge is 0.0401 e. The van der Waals surface area contributed by atoms with Crippen molar-refractivity contribution in [3.8, 4) is 0 Å². The van der Waals surface area contributed by atoms with Gasteiger partial charge in [-0.1, -0.05) is 6.07 Å². The fraction of sp³-hybridized carbons (Fsp3) is 0.429. The summed E-state index contributed by atoms with van der Waals surface area (Å²) in [6.07, 6.45) is 0.876. The first-order valence-corrected chi connectivity index (χ1v) is 4.21. The van der Waals surface area contributed by atoms with Gasteiger partial charge in [0.05, 0.1) is 0 Å². The van der Waals surface area contributed by atoms with Crippen LogP contribution in [-0.2, 0) is 0 Å². The van der Waals surface area contributed by atoms with E-state index in [0.29, 0.717) is 6.54 Å². The summed E-state index contributed by atoms with van der Waals surface area (Å²) >= 11 is 1.69. The Hall–Kier alpha value is -0.380. The van der Waals surface area contributed by atoms with Crippen LogP contribution in [0, 0.1) is 0 Å². The molecule has 0 spiro atoms. The van der Waals surface area contributed by atoms with Gasteiger partial charge in [0.1, 0.15) is 0 Å². The van der Waals surface area contributed by atoms with Crippen LogP contribution in [0.15, 0.2) is 17.5 Å². The van der Waals surface area contributed by atoms with E-state index in [1.807, 2.05) is 17.5 Å². The van der Waals surface area contributed by atoms with Crippen LogP contribution < -0.4 is 11.5 Å². The van der Waals surface area contributed by atoms with Crippen molar-refractivity contribution >= 4 is 11.3 Å². The largest absolute Gasteiger partial charge is 0.330 e. The Morgan fingerprint density at radius 1 is 1.60 bits per heavy atom. The number of hydrogen-bond donors (Lipinski definition) is 2. The van der Waals surface area contributed by atoms with Crippen molar-refractivity contribution in [1.29, 1.82) is 0 Å². The molecule has 0 aliphatic carbocycles. The van der Waals surface area contributed by atoms with Crippen molar-refractivity contribution in [2.45, 2.75) is 12.5 Å². The van der Waals surface area contributed by atoms with E-state index in [0.717, 1.165) is 6.42 Å². The summed E-state index contributed by atoms with van der Waals surface area (Å²) < 4.78 is 0. The maximum absolute atomic E-state index is 5.78. The monoisotopic (exact) mass is 156 g/mol. The molecule has 1 rings (SSSR count). The Morgan fingerprint density at radius 2 is 2.40 bits per heavy atom. The van der Waals surface area contributed by atoms with Crippen LogP contribution in [0.3, 0.4) is 0 Å². The van der Waals surface area contributed by atoms with Crippen molar-refractivity contribution in [1.82, 2.24) is 0 Å². The fourth-order valence-electron chi connectivity index (χ4n) is 0.824. The summed E-state index contributed by atoms with van der Waals surface area (Å²) in [5, 5.41) is 2.03. The first kappa shape index (κ1) is 7.72. The van der Waals surface area contributed by atoms with Gasteiger partial charge in [-0.05, 0) is 24.4 Å². The molecule has 0 saturated heterocycles. The second-order valence-electron chi connectivity index (χ2n) is 2.20. The third kappa shape index (κ3) is 1.80. The highest BCUT2D eigenvalue weighted by Gasteiger charge is 2.03. The molecule has 0 saturated carbocycles. The number of rotatable bonds is 3. The van der Waals surface area contributed by atoms with Crippen LogP contribution >= 0.6 is 11.3 Å². The zero-order valence-corrected chi connectivity index (χ0v) is 6.60. The molecular formula is C7H12N2S. The molecule has 0 aliphatic heterocycles. The molecule has 0 aliphatic rings. The molecule has 0 bridgehead atoms. The van der Waals surface area contributed by atoms with Crippen LogP contribution in [0.2, 0.25) is 0 Å². The van der Waals surface area contributed by atoms with Crippen molar-refractivity contribution in [3.05, 3.63) is 22.4 Å². The van der Waals surface area contributed by atoms with E-state index in [2.05, 4.69) is 0 Å². The van der Waals surface area contributed by atoms with Gasteiger partial charge in [0.25, 0.3) is 0 Å². The highest BCUT2D eigenvalue weighted by molar-refractivity contribution is 7.10. The van der Waals surface area contributed by atoms with E-state index >= 15 is 0 Å². The van der Waals surface area contributed by atoms with E-state index in [4.69, 9.17) is 11.5 Å². The molecule has 0 aromatic carbocycles. The van der Waals surface area contributed by atoms with E-state index in [1.54, 1.807) is 11.3 Å². The molecule has 0 amide bonds. The van der Waals surface area contributed by atoms with Gasteiger partial charge < -0.3 is 11.5 Å². The molecule has 0 unspecified atom stereocenters. The summed E-state index contributed by atoms with van der Waals surface area (Å²) in [5.74, 6) is 0. The molecule has 0 fully saturated rings. The first-order valence-electron chi connectivity index (χ1n) is 3.33. The standard InChI is InChI=1S/C7H12N2S/c8-4-3-6(9)7-2-1-5-10-7/h1-2,5-6H,3-4,8-9H2/t6-/m0/s1. The highest BCUT2D eigenvalue weighted by atomic mass is 32.1. The average molecular weight is 156 g/mol. The molecule has 56 valence electrons. The van der Waals surface area contributed by atoms with Gasteiger partial charge in [-0.15, -0.1) is 11.3 Å². The maximum Gasteiger partial charge on any atom is 0.0401 e. The maximum atomic E-state index is 5.78. The molecule has 0 radical (unpaired) electrons. The summed E-state index contributed by atoms with van der Waals surface area (Å²) in [4.78, 5) is 1.23. The molecule has 1 heterocycles. The Bertz CT molecular complexity index is 172. The summed E-state index contributed by atoms with van der Waals surface area (Å²) in [5.41, 5.74) is 11.1. The third-order valence-corrected chi connectivity index (χ3v) is 2.39. The zero-order chi connectivity index (χ0) is 7.40. The topological polar surface area (TPSA) is 52.0 Å². The van der Waals surface area contributed by atoms with E-state index in [1.165, 1.54) is 4.88 Å². The van der Waals surface area contributed by atoms with E-state index < -0.39 is 0 Å². The zero-order valence-electron chi connectivity index (χ0n) is 5.79. The quantitative estimate of drug-likeness (QED) is 0.688. The number of thiophene rings is 1. The molecule has 1 aromatic rings. The lowest BCUT2D eigenvalue weighted by Gasteiger charge is -2.05. The summed E-state index contributed by atoms with van der Waals surface area (Å²) in [6.45, 7) is 0.666. The summed E-state index contributed by atoms with van der Waals surface area (Å²) in [7, 11) is 0. The molecule has 3 heteroatoms. The minimum absolute atomic E-state index is 0.144. The molecule has 4 N–H and O–H groups in total. The van der Waals surface area contributed by atoms with Crippen LogP contribution in [0.1, 0.15) is 17.3 Å². The Morgan fingerprint density at radius 3 is 2.90 bits per heavy atom. The minimum Gasteiger partial charge on any atom is -0.330 e. The second-order valence-corrected chi connectivity index (χ2v) is 3.18. The van der Waals surface area contributed by atoms with Gasteiger partial charge in [0.15, 0.2) is 0 Å². The number of hydrogen-bond acceptors (Lipinski definition) is 3. The van der Waals surface area contributed by atoms with Gasteiger partial charge in [-0.2, -0.15) is 0 Å². The predicted molar refractivity (Wildman–Crippen MR) is 44.9 cm³/mol.